The molecule has 0 saturated heterocycles. The fraction of sp³-hybridized carbons (Fsp3) is 0.188. The van der Waals surface area contributed by atoms with E-state index >= 15 is 0 Å². The number of rotatable bonds is 4. The number of carbonyl (C=O) groups excluding carboxylic acids is 1. The lowest BCUT2D eigenvalue weighted by molar-refractivity contribution is -0.117. The molecular formula is C16H14F2O. The minimum atomic E-state index is -0.916. The van der Waals surface area contributed by atoms with Crippen molar-refractivity contribution in [2.45, 2.75) is 19.8 Å². The maximum absolute atomic E-state index is 13.0. The smallest absolute Gasteiger partial charge is 0.159 e. The molecule has 0 amide bonds. The zero-order valence-electron chi connectivity index (χ0n) is 10.6. The molecule has 2 aromatic carbocycles. The number of hydrogen-bond acceptors (Lipinski definition) is 1. The highest BCUT2D eigenvalue weighted by atomic mass is 19.2. The van der Waals surface area contributed by atoms with Crippen molar-refractivity contribution in [3.63, 3.8) is 0 Å². The summed E-state index contributed by atoms with van der Waals surface area (Å²) in [6.07, 6.45) is 0.428. The van der Waals surface area contributed by atoms with E-state index in [1.54, 1.807) is 0 Å². The van der Waals surface area contributed by atoms with Crippen LogP contribution in [0.1, 0.15) is 16.7 Å². The number of ketones is 1. The minimum absolute atomic E-state index is 0.0136. The maximum Gasteiger partial charge on any atom is 0.159 e. The van der Waals surface area contributed by atoms with Crippen LogP contribution in [-0.4, -0.2) is 5.78 Å². The van der Waals surface area contributed by atoms with Crippen molar-refractivity contribution < 1.29 is 13.6 Å². The third-order valence-corrected chi connectivity index (χ3v) is 3.03. The molecule has 0 unspecified atom stereocenters. The van der Waals surface area contributed by atoms with Crippen LogP contribution in [0.4, 0.5) is 8.78 Å². The summed E-state index contributed by atoms with van der Waals surface area (Å²) in [5.41, 5.74) is 2.52. The van der Waals surface area contributed by atoms with Gasteiger partial charge in [0.05, 0.1) is 0 Å². The van der Waals surface area contributed by atoms with Crippen LogP contribution in [0.2, 0.25) is 0 Å². The van der Waals surface area contributed by atoms with E-state index in [2.05, 4.69) is 0 Å². The predicted octanol–water partition coefficient (Wildman–Crippen LogP) is 3.63. The minimum Gasteiger partial charge on any atom is -0.299 e. The Hall–Kier alpha value is -2.03. The fourth-order valence-corrected chi connectivity index (χ4v) is 1.96. The van der Waals surface area contributed by atoms with Crippen LogP contribution in [0, 0.1) is 18.6 Å². The van der Waals surface area contributed by atoms with Crippen LogP contribution in [0.5, 0.6) is 0 Å². The van der Waals surface area contributed by atoms with Gasteiger partial charge in [-0.25, -0.2) is 8.78 Å². The summed E-state index contributed by atoms with van der Waals surface area (Å²) < 4.78 is 25.8. The van der Waals surface area contributed by atoms with Gasteiger partial charge in [0.25, 0.3) is 0 Å². The molecule has 0 aliphatic heterocycles. The van der Waals surface area contributed by atoms with Gasteiger partial charge in [-0.2, -0.15) is 0 Å². The number of halogens is 2. The first-order valence-electron chi connectivity index (χ1n) is 6.06. The Balaban J connectivity index is 2.05. The number of hydrogen-bond donors (Lipinski definition) is 0. The van der Waals surface area contributed by atoms with Crippen molar-refractivity contribution in [3.05, 3.63) is 70.8 Å². The molecule has 2 aromatic rings. The molecule has 0 saturated carbocycles. The third kappa shape index (κ3) is 3.47. The first-order chi connectivity index (χ1) is 9.06. The monoisotopic (exact) mass is 260 g/mol. The lowest BCUT2D eigenvalue weighted by Crippen LogP contribution is -2.08. The van der Waals surface area contributed by atoms with Crippen molar-refractivity contribution in [1.29, 1.82) is 0 Å². The molecule has 19 heavy (non-hydrogen) atoms. The summed E-state index contributed by atoms with van der Waals surface area (Å²) in [5.74, 6) is -1.82. The number of Topliss-reactive ketones (excluding diaryl/α,β-unsaturated/α-hetero) is 1. The van der Waals surface area contributed by atoms with Gasteiger partial charge in [0.15, 0.2) is 11.6 Å². The van der Waals surface area contributed by atoms with Crippen molar-refractivity contribution in [1.82, 2.24) is 0 Å². The van der Waals surface area contributed by atoms with Gasteiger partial charge in [-0.05, 0) is 35.7 Å². The van der Waals surface area contributed by atoms with Gasteiger partial charge in [-0.1, -0.05) is 30.3 Å². The van der Waals surface area contributed by atoms with Crippen molar-refractivity contribution in [2.75, 3.05) is 0 Å². The second-order valence-corrected chi connectivity index (χ2v) is 4.57. The van der Waals surface area contributed by atoms with E-state index in [9.17, 15) is 13.6 Å². The lowest BCUT2D eigenvalue weighted by Gasteiger charge is -2.05. The molecule has 0 spiro atoms. The van der Waals surface area contributed by atoms with Gasteiger partial charge in [0, 0.05) is 12.8 Å². The van der Waals surface area contributed by atoms with Crippen molar-refractivity contribution in [2.24, 2.45) is 0 Å². The molecule has 0 bridgehead atoms. The third-order valence-electron chi connectivity index (χ3n) is 3.03. The van der Waals surface area contributed by atoms with Crippen LogP contribution >= 0.6 is 0 Å². The van der Waals surface area contributed by atoms with E-state index in [-0.39, 0.29) is 12.2 Å². The molecular weight excluding hydrogens is 246 g/mol. The average Bonchev–Trinajstić information content (AvgIpc) is 2.37. The highest BCUT2D eigenvalue weighted by molar-refractivity contribution is 5.83. The lowest BCUT2D eigenvalue weighted by atomic mass is 9.99. The second kappa shape index (κ2) is 5.74. The molecule has 0 heterocycles. The summed E-state index contributed by atoms with van der Waals surface area (Å²) >= 11 is 0. The van der Waals surface area contributed by atoms with Gasteiger partial charge in [0.1, 0.15) is 5.78 Å². The summed E-state index contributed by atoms with van der Waals surface area (Å²) in [6, 6.07) is 11.2. The number of aryl methyl sites for hydroxylation is 1. The zero-order chi connectivity index (χ0) is 13.8. The van der Waals surface area contributed by atoms with Crippen molar-refractivity contribution in [3.8, 4) is 0 Å². The predicted molar refractivity (Wildman–Crippen MR) is 70.0 cm³/mol. The number of carbonyl (C=O) groups is 1. The van der Waals surface area contributed by atoms with Crippen LogP contribution in [0.3, 0.4) is 0 Å². The van der Waals surface area contributed by atoms with Gasteiger partial charge >= 0.3 is 0 Å². The average molecular weight is 260 g/mol. The standard InChI is InChI=1S/C16H14F2O/c1-11-4-2-3-5-13(11)10-14(19)8-12-6-7-15(17)16(18)9-12/h2-7,9H,8,10H2,1H3. The van der Waals surface area contributed by atoms with E-state index in [0.29, 0.717) is 12.0 Å². The Bertz CT molecular complexity index is 605. The summed E-state index contributed by atoms with van der Waals surface area (Å²) in [5, 5.41) is 0. The summed E-state index contributed by atoms with van der Waals surface area (Å²) in [6.45, 7) is 1.94. The molecule has 0 N–H and O–H groups in total. The molecule has 0 aromatic heterocycles. The topological polar surface area (TPSA) is 17.1 Å². The summed E-state index contributed by atoms with van der Waals surface area (Å²) in [7, 11) is 0. The molecule has 2 rings (SSSR count). The second-order valence-electron chi connectivity index (χ2n) is 4.57. The van der Waals surface area contributed by atoms with E-state index in [0.717, 1.165) is 23.3 Å². The fourth-order valence-electron chi connectivity index (χ4n) is 1.96. The molecule has 0 fully saturated rings. The van der Waals surface area contributed by atoms with Crippen molar-refractivity contribution >= 4 is 5.78 Å². The molecule has 3 heteroatoms. The van der Waals surface area contributed by atoms with Gasteiger partial charge in [0.2, 0.25) is 0 Å². The van der Waals surface area contributed by atoms with Crippen LogP contribution in [0.15, 0.2) is 42.5 Å². The highest BCUT2D eigenvalue weighted by Crippen LogP contribution is 2.12. The number of benzene rings is 2. The van der Waals surface area contributed by atoms with Crippen LogP contribution in [0.25, 0.3) is 0 Å². The Morgan fingerprint density at radius 2 is 1.74 bits per heavy atom. The highest BCUT2D eigenvalue weighted by Gasteiger charge is 2.09. The molecule has 0 radical (unpaired) electrons. The normalized spacial score (nSPS) is 10.5. The Kier molecular flexibility index (Phi) is 4.05. The van der Waals surface area contributed by atoms with Gasteiger partial charge < -0.3 is 0 Å². The SMILES string of the molecule is Cc1ccccc1CC(=O)Cc1ccc(F)c(F)c1. The Morgan fingerprint density at radius 1 is 1.00 bits per heavy atom. The first-order valence-corrected chi connectivity index (χ1v) is 6.06. The van der Waals surface area contributed by atoms with E-state index in [1.807, 2.05) is 31.2 Å². The quantitative estimate of drug-likeness (QED) is 0.820. The maximum atomic E-state index is 13.0. The van der Waals surface area contributed by atoms with Gasteiger partial charge in [-0.3, -0.25) is 4.79 Å². The molecule has 0 aliphatic rings. The first kappa shape index (κ1) is 13.4. The Morgan fingerprint density at radius 3 is 2.42 bits per heavy atom. The van der Waals surface area contributed by atoms with E-state index in [1.165, 1.54) is 6.07 Å². The summed E-state index contributed by atoms with van der Waals surface area (Å²) in [4.78, 5) is 11.9. The largest absolute Gasteiger partial charge is 0.299 e. The van der Waals surface area contributed by atoms with E-state index in [4.69, 9.17) is 0 Å². The zero-order valence-corrected chi connectivity index (χ0v) is 10.6. The molecule has 0 aliphatic carbocycles. The molecule has 98 valence electrons. The van der Waals surface area contributed by atoms with Crippen LogP contribution < -0.4 is 0 Å². The molecule has 1 nitrogen and oxygen atoms in total. The van der Waals surface area contributed by atoms with Gasteiger partial charge in [-0.15, -0.1) is 0 Å². The molecule has 0 atom stereocenters. The van der Waals surface area contributed by atoms with E-state index < -0.39 is 11.6 Å². The van der Waals surface area contributed by atoms with Crippen LogP contribution in [-0.2, 0) is 17.6 Å². The Labute approximate surface area is 110 Å².